The number of ether oxygens (including phenoxy) is 1. The fourth-order valence-electron chi connectivity index (χ4n) is 2.19. The van der Waals surface area contributed by atoms with E-state index in [0.29, 0.717) is 11.3 Å². The summed E-state index contributed by atoms with van der Waals surface area (Å²) in [7, 11) is 1.26. The van der Waals surface area contributed by atoms with Crippen LogP contribution in [0.25, 0.3) is 0 Å². The van der Waals surface area contributed by atoms with Crippen LogP contribution in [0.3, 0.4) is 0 Å². The number of esters is 1. The molecule has 0 aliphatic carbocycles. The number of rotatable bonds is 4. The van der Waals surface area contributed by atoms with Crippen LogP contribution in [0.4, 0.5) is 18.9 Å². The maximum Gasteiger partial charge on any atom is 0.416 e. The Hall–Kier alpha value is -2.83. The van der Waals surface area contributed by atoms with Crippen LogP contribution in [0, 0.1) is 6.92 Å². The first kappa shape index (κ1) is 18.5. The third-order valence-electron chi connectivity index (χ3n) is 3.58. The van der Waals surface area contributed by atoms with E-state index < -0.39 is 23.6 Å². The summed E-state index contributed by atoms with van der Waals surface area (Å²) in [6, 6.07) is 9.14. The molecule has 0 aromatic heterocycles. The number of carbonyl (C=O) groups excluding carboxylic acids is 2. The smallest absolute Gasteiger partial charge is 0.416 e. The number of anilines is 1. The van der Waals surface area contributed by atoms with Crippen LogP contribution in [0.15, 0.2) is 42.5 Å². The summed E-state index contributed by atoms with van der Waals surface area (Å²) in [6.07, 6.45) is -4.49. The minimum Gasteiger partial charge on any atom is -0.465 e. The van der Waals surface area contributed by atoms with E-state index in [-0.39, 0.29) is 12.0 Å². The van der Waals surface area contributed by atoms with E-state index in [4.69, 9.17) is 0 Å². The zero-order chi connectivity index (χ0) is 18.6. The first-order valence-corrected chi connectivity index (χ1v) is 7.35. The third kappa shape index (κ3) is 4.82. The molecular weight excluding hydrogens is 335 g/mol. The van der Waals surface area contributed by atoms with Gasteiger partial charge < -0.3 is 10.1 Å². The van der Waals surface area contributed by atoms with Crippen molar-refractivity contribution in [1.29, 1.82) is 0 Å². The normalized spacial score (nSPS) is 11.1. The number of alkyl halides is 3. The van der Waals surface area contributed by atoms with Crippen LogP contribution in [0.1, 0.15) is 27.0 Å². The van der Waals surface area contributed by atoms with Crippen LogP contribution in [-0.4, -0.2) is 19.0 Å². The van der Waals surface area contributed by atoms with Crippen molar-refractivity contribution in [3.8, 4) is 0 Å². The van der Waals surface area contributed by atoms with Gasteiger partial charge in [0, 0.05) is 5.69 Å². The van der Waals surface area contributed by atoms with E-state index >= 15 is 0 Å². The van der Waals surface area contributed by atoms with Gasteiger partial charge in [-0.25, -0.2) is 4.79 Å². The first-order valence-electron chi connectivity index (χ1n) is 7.35. The highest BCUT2D eigenvalue weighted by Gasteiger charge is 2.29. The van der Waals surface area contributed by atoms with Crippen molar-refractivity contribution in [2.24, 2.45) is 0 Å². The molecule has 0 radical (unpaired) electrons. The molecule has 0 fully saturated rings. The SMILES string of the molecule is COC(=O)c1ccc(C)c(NC(=O)Cc2ccc(C(F)(F)F)cc2)c1. The van der Waals surface area contributed by atoms with Gasteiger partial charge in [-0.15, -0.1) is 0 Å². The number of carbonyl (C=O) groups is 2. The number of aryl methyl sites for hydroxylation is 1. The number of hydrogen-bond acceptors (Lipinski definition) is 3. The van der Waals surface area contributed by atoms with Crippen molar-refractivity contribution in [1.82, 2.24) is 0 Å². The van der Waals surface area contributed by atoms with Crippen molar-refractivity contribution in [3.05, 3.63) is 64.7 Å². The van der Waals surface area contributed by atoms with Gasteiger partial charge in [0.05, 0.1) is 24.7 Å². The Balaban J connectivity index is 2.09. The Labute approximate surface area is 142 Å². The van der Waals surface area contributed by atoms with Crippen molar-refractivity contribution in [3.63, 3.8) is 0 Å². The standard InChI is InChI=1S/C18H16F3NO3/c1-11-3-6-13(17(24)25-2)10-15(11)22-16(23)9-12-4-7-14(8-5-12)18(19,20)21/h3-8,10H,9H2,1-2H3,(H,22,23). The van der Waals surface area contributed by atoms with Gasteiger partial charge in [-0.1, -0.05) is 18.2 Å². The summed E-state index contributed by atoms with van der Waals surface area (Å²) in [5, 5.41) is 2.65. The maximum atomic E-state index is 12.5. The highest BCUT2D eigenvalue weighted by atomic mass is 19.4. The molecule has 0 aliphatic heterocycles. The minimum atomic E-state index is -4.41. The minimum absolute atomic E-state index is 0.0833. The first-order chi connectivity index (χ1) is 11.7. The molecule has 0 heterocycles. The van der Waals surface area contributed by atoms with Gasteiger partial charge in [-0.3, -0.25) is 4.79 Å². The molecule has 2 aromatic rings. The second-order valence-electron chi connectivity index (χ2n) is 5.44. The molecule has 2 aromatic carbocycles. The second kappa shape index (κ2) is 7.38. The summed E-state index contributed by atoms with van der Waals surface area (Å²) in [5.41, 5.74) is 1.16. The molecule has 0 saturated carbocycles. The van der Waals surface area contributed by atoms with Crippen molar-refractivity contribution in [2.45, 2.75) is 19.5 Å². The molecule has 7 heteroatoms. The van der Waals surface area contributed by atoms with Gasteiger partial charge in [0.1, 0.15) is 0 Å². The van der Waals surface area contributed by atoms with Gasteiger partial charge in [-0.2, -0.15) is 13.2 Å². The van der Waals surface area contributed by atoms with Crippen LogP contribution >= 0.6 is 0 Å². The van der Waals surface area contributed by atoms with E-state index in [1.165, 1.54) is 25.3 Å². The Morgan fingerprint density at radius 2 is 1.72 bits per heavy atom. The quantitative estimate of drug-likeness (QED) is 0.848. The fraction of sp³-hybridized carbons (Fsp3) is 0.222. The zero-order valence-electron chi connectivity index (χ0n) is 13.6. The topological polar surface area (TPSA) is 55.4 Å². The van der Waals surface area contributed by atoms with Gasteiger partial charge in [0.15, 0.2) is 0 Å². The molecular formula is C18H16F3NO3. The molecule has 1 amide bonds. The highest BCUT2D eigenvalue weighted by molar-refractivity contribution is 5.96. The predicted octanol–water partition coefficient (Wildman–Crippen LogP) is 3.98. The lowest BCUT2D eigenvalue weighted by Gasteiger charge is -2.11. The van der Waals surface area contributed by atoms with Crippen molar-refractivity contribution in [2.75, 3.05) is 12.4 Å². The van der Waals surface area contributed by atoms with E-state index in [1.807, 2.05) is 0 Å². The summed E-state index contributed by atoms with van der Waals surface area (Å²) in [5.74, 6) is -0.928. The molecule has 0 saturated heterocycles. The molecule has 4 nitrogen and oxygen atoms in total. The largest absolute Gasteiger partial charge is 0.465 e. The number of halogens is 3. The van der Waals surface area contributed by atoms with Crippen LogP contribution in [0.5, 0.6) is 0 Å². The Bertz CT molecular complexity index is 783. The number of hydrogen-bond donors (Lipinski definition) is 1. The molecule has 0 aliphatic rings. The predicted molar refractivity (Wildman–Crippen MR) is 86.3 cm³/mol. The number of methoxy groups -OCH3 is 1. The molecule has 25 heavy (non-hydrogen) atoms. The fourth-order valence-corrected chi connectivity index (χ4v) is 2.19. The third-order valence-corrected chi connectivity index (χ3v) is 3.58. The van der Waals surface area contributed by atoms with Crippen molar-refractivity contribution < 1.29 is 27.5 Å². The second-order valence-corrected chi connectivity index (χ2v) is 5.44. The van der Waals surface area contributed by atoms with Crippen molar-refractivity contribution >= 4 is 17.6 Å². The molecule has 0 spiro atoms. The number of benzene rings is 2. The average molecular weight is 351 g/mol. The van der Waals surface area contributed by atoms with E-state index in [1.54, 1.807) is 19.1 Å². The Kier molecular flexibility index (Phi) is 5.46. The van der Waals surface area contributed by atoms with E-state index in [0.717, 1.165) is 17.7 Å². The zero-order valence-corrected chi connectivity index (χ0v) is 13.6. The molecule has 132 valence electrons. The Morgan fingerprint density at radius 1 is 1.08 bits per heavy atom. The molecule has 2 rings (SSSR count). The lowest BCUT2D eigenvalue weighted by molar-refractivity contribution is -0.137. The molecule has 0 atom stereocenters. The summed E-state index contributed by atoms with van der Waals surface area (Å²) >= 11 is 0. The van der Waals surface area contributed by atoms with Gasteiger partial charge in [0.2, 0.25) is 5.91 Å². The maximum absolute atomic E-state index is 12.5. The number of amides is 1. The highest BCUT2D eigenvalue weighted by Crippen LogP contribution is 2.29. The van der Waals surface area contributed by atoms with Crippen LogP contribution in [0.2, 0.25) is 0 Å². The van der Waals surface area contributed by atoms with Crippen LogP contribution < -0.4 is 5.32 Å². The lowest BCUT2D eigenvalue weighted by Crippen LogP contribution is -2.16. The monoisotopic (exact) mass is 351 g/mol. The lowest BCUT2D eigenvalue weighted by atomic mass is 10.1. The summed E-state index contributed by atoms with van der Waals surface area (Å²) in [4.78, 5) is 23.7. The molecule has 0 bridgehead atoms. The van der Waals surface area contributed by atoms with E-state index in [2.05, 4.69) is 10.1 Å². The summed E-state index contributed by atoms with van der Waals surface area (Å²) in [6.45, 7) is 1.76. The van der Waals surface area contributed by atoms with E-state index in [9.17, 15) is 22.8 Å². The number of nitrogens with one attached hydrogen (secondary N) is 1. The van der Waals surface area contributed by atoms with Gasteiger partial charge in [-0.05, 0) is 42.3 Å². The van der Waals surface area contributed by atoms with Crippen LogP contribution in [-0.2, 0) is 22.1 Å². The summed E-state index contributed by atoms with van der Waals surface area (Å²) < 4.78 is 42.2. The average Bonchev–Trinajstić information content (AvgIpc) is 2.55. The van der Waals surface area contributed by atoms with Gasteiger partial charge >= 0.3 is 12.1 Å². The molecule has 0 unspecified atom stereocenters. The Morgan fingerprint density at radius 3 is 2.28 bits per heavy atom. The molecule has 1 N–H and O–H groups in total. The van der Waals surface area contributed by atoms with Gasteiger partial charge in [0.25, 0.3) is 0 Å².